The van der Waals surface area contributed by atoms with Crippen LogP contribution in [0.25, 0.3) is 143 Å². The lowest BCUT2D eigenvalue weighted by molar-refractivity contribution is 0.649. The maximum absolute atomic E-state index is 6.54. The van der Waals surface area contributed by atoms with Gasteiger partial charge in [-0.2, -0.15) is 0 Å². The molecule has 0 saturated carbocycles. The summed E-state index contributed by atoms with van der Waals surface area (Å²) in [5.74, 6) is 0. The van der Waals surface area contributed by atoms with Crippen LogP contribution in [0.15, 0.2) is 227 Å². The van der Waals surface area contributed by atoms with Gasteiger partial charge in [0.05, 0.1) is 0 Å². The number of fused-ring (bicyclic) bond motifs is 19. The molecule has 0 unspecified atom stereocenters. The Morgan fingerprint density at radius 2 is 0.582 bits per heavy atom. The highest BCUT2D eigenvalue weighted by atomic mass is 16.3. The lowest BCUT2D eigenvalue weighted by Gasteiger charge is -2.25. The Morgan fingerprint density at radius 1 is 0.228 bits per heavy atom. The third kappa shape index (κ3) is 5.96. The predicted octanol–water partition coefficient (Wildman–Crippen LogP) is 21.4. The summed E-state index contributed by atoms with van der Waals surface area (Å²) in [6.45, 7) is 14.7. The van der Waals surface area contributed by atoms with Gasteiger partial charge in [0.15, 0.2) is 0 Å². The molecule has 0 radical (unpaired) electrons. The first-order valence-electron chi connectivity index (χ1n) is 28.0. The zero-order valence-corrected chi connectivity index (χ0v) is 45.1. The normalized spacial score (nSPS) is 15.0. The summed E-state index contributed by atoms with van der Waals surface area (Å²) in [4.78, 5) is 0. The molecule has 17 rings (SSSR count). The fourth-order valence-electron chi connectivity index (χ4n) is 15.1. The first-order valence-corrected chi connectivity index (χ1v) is 28.0. The number of hydrogen-bond donors (Lipinski definition) is 0. The highest BCUT2D eigenvalue weighted by molar-refractivity contribution is 6.17. The van der Waals surface area contributed by atoms with Crippen molar-refractivity contribution in [3.8, 4) is 77.9 Å². The molecule has 12 aromatic carbocycles. The minimum absolute atomic E-state index is 0.233. The summed E-state index contributed by atoms with van der Waals surface area (Å²) in [6, 6.07) is 81.4. The van der Waals surface area contributed by atoms with Gasteiger partial charge in [0.2, 0.25) is 0 Å². The molecule has 0 atom stereocenters. The molecule has 0 aliphatic heterocycles. The van der Waals surface area contributed by atoms with Gasteiger partial charge >= 0.3 is 0 Å². The standard InChI is InChI=1S/C77H54O2/c1-75(2)61-41-57-63(76(3,4)65-37-53(49-23-13-15-25-51(49)71(57)65)45-31-33-67-59(35-45)73-47(27-17-29-69(73)78-67)43-19-9-7-10-20-43)39-55(61)56-40-64-58(42-62(56)75)72-52-26-16-14-24-50(52)54(38-66(72)77(64,5)6)46-32-34-68-60(36-46)74-48(28-18-30-70(74)79-68)44-21-11-8-12-22-44/h7-42H,1-6H3. The molecule has 2 nitrogen and oxygen atoms in total. The molecule has 0 fully saturated rings. The minimum Gasteiger partial charge on any atom is -0.456 e. The number of benzene rings is 12. The number of rotatable bonds is 4. The van der Waals surface area contributed by atoms with Crippen LogP contribution in [-0.4, -0.2) is 0 Å². The van der Waals surface area contributed by atoms with Crippen LogP contribution in [0.2, 0.25) is 0 Å². The molecule has 0 bridgehead atoms. The van der Waals surface area contributed by atoms with E-state index in [1.54, 1.807) is 0 Å². The quantitative estimate of drug-likeness (QED) is 0.176. The highest BCUT2D eigenvalue weighted by Gasteiger charge is 2.46. The SMILES string of the molecule is CC1(C)c2cc3c(cc2-c2cc4c(cc21)-c1c(cc(-c2ccc5oc6cccc(-c7ccccc7)c6c5c2)c2ccccc12)C4(C)C)C(C)(C)c1cc(-c2ccc4oc5cccc(-c6ccccc6)c5c4c2)c2ccccc2c1-3. The van der Waals surface area contributed by atoms with Crippen molar-refractivity contribution in [3.63, 3.8) is 0 Å². The Bertz CT molecular complexity index is 4700. The fourth-order valence-corrected chi connectivity index (χ4v) is 15.1. The summed E-state index contributed by atoms with van der Waals surface area (Å²) in [6.07, 6.45) is 0. The Morgan fingerprint density at radius 3 is 1.01 bits per heavy atom. The molecule has 3 aliphatic rings. The summed E-state index contributed by atoms with van der Waals surface area (Å²) in [5.41, 5.74) is 29.1. The van der Waals surface area contributed by atoms with Crippen LogP contribution in [0.3, 0.4) is 0 Å². The molecule has 0 spiro atoms. The third-order valence-corrected chi connectivity index (χ3v) is 19.1. The van der Waals surface area contributed by atoms with Crippen molar-refractivity contribution in [1.29, 1.82) is 0 Å². The molecule has 0 N–H and O–H groups in total. The molecule has 0 amide bonds. The smallest absolute Gasteiger partial charge is 0.136 e. The average molecular weight is 1010 g/mol. The Hall–Kier alpha value is -9.24. The van der Waals surface area contributed by atoms with Crippen LogP contribution < -0.4 is 0 Å². The van der Waals surface area contributed by atoms with Crippen LogP contribution >= 0.6 is 0 Å². The lowest BCUT2D eigenvalue weighted by Crippen LogP contribution is -2.17. The van der Waals surface area contributed by atoms with E-state index in [1.807, 2.05) is 0 Å². The van der Waals surface area contributed by atoms with Gasteiger partial charge in [0.1, 0.15) is 22.3 Å². The van der Waals surface area contributed by atoms with Crippen molar-refractivity contribution >= 4 is 65.4 Å². The average Bonchev–Trinajstić information content (AvgIpc) is 4.40. The first-order chi connectivity index (χ1) is 38.4. The van der Waals surface area contributed by atoms with E-state index in [2.05, 4.69) is 260 Å². The predicted molar refractivity (Wildman–Crippen MR) is 330 cm³/mol. The summed E-state index contributed by atoms with van der Waals surface area (Å²) < 4.78 is 13.1. The van der Waals surface area contributed by atoms with Gasteiger partial charge < -0.3 is 8.83 Å². The second kappa shape index (κ2) is 15.5. The minimum atomic E-state index is -0.255. The van der Waals surface area contributed by atoms with E-state index in [-0.39, 0.29) is 16.2 Å². The van der Waals surface area contributed by atoms with Crippen molar-refractivity contribution in [1.82, 2.24) is 0 Å². The molecule has 374 valence electrons. The Balaban J connectivity index is 0.802. The van der Waals surface area contributed by atoms with Gasteiger partial charge in [0.25, 0.3) is 0 Å². The second-order valence-electron chi connectivity index (χ2n) is 24.3. The van der Waals surface area contributed by atoms with Crippen LogP contribution in [-0.2, 0) is 16.2 Å². The fraction of sp³-hybridized carbons (Fsp3) is 0.117. The Labute approximate surface area is 459 Å². The third-order valence-electron chi connectivity index (χ3n) is 19.1. The van der Waals surface area contributed by atoms with Gasteiger partial charge in [-0.15, -0.1) is 0 Å². The van der Waals surface area contributed by atoms with E-state index in [0.717, 1.165) is 43.9 Å². The van der Waals surface area contributed by atoms with Crippen LogP contribution in [0, 0.1) is 0 Å². The Kier molecular flexibility index (Phi) is 8.79. The number of furan rings is 2. The largest absolute Gasteiger partial charge is 0.456 e. The van der Waals surface area contributed by atoms with E-state index in [4.69, 9.17) is 8.83 Å². The van der Waals surface area contributed by atoms with Gasteiger partial charge in [-0.3, -0.25) is 0 Å². The highest BCUT2D eigenvalue weighted by Crippen LogP contribution is 2.62. The van der Waals surface area contributed by atoms with Crippen LogP contribution in [0.1, 0.15) is 74.9 Å². The van der Waals surface area contributed by atoms with E-state index in [9.17, 15) is 0 Å². The van der Waals surface area contributed by atoms with E-state index >= 15 is 0 Å². The van der Waals surface area contributed by atoms with E-state index in [1.165, 1.54) is 133 Å². The van der Waals surface area contributed by atoms with Gasteiger partial charge in [0, 0.05) is 37.8 Å². The molecule has 14 aromatic rings. The van der Waals surface area contributed by atoms with Gasteiger partial charge in [-0.05, 0) is 206 Å². The van der Waals surface area contributed by atoms with E-state index in [0.29, 0.717) is 0 Å². The van der Waals surface area contributed by atoms with Crippen molar-refractivity contribution in [2.75, 3.05) is 0 Å². The summed E-state index contributed by atoms with van der Waals surface area (Å²) in [7, 11) is 0. The van der Waals surface area contributed by atoms with Crippen LogP contribution in [0.5, 0.6) is 0 Å². The van der Waals surface area contributed by atoms with Gasteiger partial charge in [-0.25, -0.2) is 0 Å². The van der Waals surface area contributed by atoms with Gasteiger partial charge in [-0.1, -0.05) is 187 Å². The summed E-state index contributed by atoms with van der Waals surface area (Å²) >= 11 is 0. The molecular weight excluding hydrogens is 957 g/mol. The molecule has 2 heterocycles. The van der Waals surface area contributed by atoms with E-state index < -0.39 is 0 Å². The van der Waals surface area contributed by atoms with Crippen molar-refractivity contribution < 1.29 is 8.83 Å². The first kappa shape index (κ1) is 44.8. The molecule has 79 heavy (non-hydrogen) atoms. The lowest BCUT2D eigenvalue weighted by atomic mass is 9.78. The molecular formula is C77H54O2. The molecule has 2 aromatic heterocycles. The maximum Gasteiger partial charge on any atom is 0.136 e. The monoisotopic (exact) mass is 1010 g/mol. The number of hydrogen-bond acceptors (Lipinski definition) is 2. The molecule has 3 aliphatic carbocycles. The zero-order chi connectivity index (χ0) is 52.8. The van der Waals surface area contributed by atoms with Crippen molar-refractivity contribution in [2.45, 2.75) is 57.8 Å². The second-order valence-corrected chi connectivity index (χ2v) is 24.3. The summed E-state index contributed by atoms with van der Waals surface area (Å²) in [5, 5.41) is 9.74. The topological polar surface area (TPSA) is 26.3 Å². The van der Waals surface area contributed by atoms with Crippen LogP contribution in [0.4, 0.5) is 0 Å². The molecule has 0 saturated heterocycles. The van der Waals surface area contributed by atoms with Crippen molar-refractivity contribution in [2.24, 2.45) is 0 Å². The maximum atomic E-state index is 6.54. The molecule has 2 heteroatoms. The van der Waals surface area contributed by atoms with Crippen molar-refractivity contribution in [3.05, 3.63) is 252 Å². The zero-order valence-electron chi connectivity index (χ0n) is 45.1.